The summed E-state index contributed by atoms with van der Waals surface area (Å²) in [5, 5.41) is 0. The number of nitrogens with zero attached hydrogens (tertiary/aromatic N) is 1. The lowest BCUT2D eigenvalue weighted by atomic mass is 9.87. The molecule has 4 N–H and O–H groups in total. The molecule has 0 spiro atoms. The zero-order chi connectivity index (χ0) is 12.6. The number of hydrogen-bond donors (Lipinski definition) is 2. The summed E-state index contributed by atoms with van der Waals surface area (Å²) in [6.45, 7) is 6.93. The Hall–Kier alpha value is -0.610. The minimum absolute atomic E-state index is 0.335. The molecule has 1 amide bonds. The lowest BCUT2D eigenvalue weighted by Crippen LogP contribution is -2.52. The number of piperidine rings is 1. The molecule has 0 radical (unpaired) electrons. The van der Waals surface area contributed by atoms with Crippen LogP contribution < -0.4 is 11.5 Å². The zero-order valence-corrected chi connectivity index (χ0v) is 11.0. The van der Waals surface area contributed by atoms with Gasteiger partial charge in [-0.2, -0.15) is 0 Å². The molecule has 98 valence electrons. The van der Waals surface area contributed by atoms with Gasteiger partial charge in [0.05, 0.1) is 5.54 Å². The summed E-state index contributed by atoms with van der Waals surface area (Å²) in [6.07, 6.45) is 3.75. The normalized spacial score (nSPS) is 43.8. The second-order valence-corrected chi connectivity index (χ2v) is 6.16. The molecule has 2 rings (SSSR count). The quantitative estimate of drug-likeness (QED) is 0.745. The van der Waals surface area contributed by atoms with Gasteiger partial charge < -0.3 is 16.4 Å². The number of likely N-dealkylation sites (tertiary alicyclic amines) is 1. The van der Waals surface area contributed by atoms with Gasteiger partial charge in [-0.15, -0.1) is 0 Å². The van der Waals surface area contributed by atoms with Crippen molar-refractivity contribution < 1.29 is 4.79 Å². The van der Waals surface area contributed by atoms with E-state index in [2.05, 4.69) is 18.7 Å². The highest BCUT2D eigenvalue weighted by Crippen LogP contribution is 2.34. The van der Waals surface area contributed by atoms with Crippen LogP contribution in [0.4, 0.5) is 0 Å². The van der Waals surface area contributed by atoms with Crippen LogP contribution in [0, 0.1) is 11.8 Å². The molecule has 2 fully saturated rings. The number of amides is 1. The number of hydrogen-bond acceptors (Lipinski definition) is 3. The van der Waals surface area contributed by atoms with Crippen LogP contribution in [-0.4, -0.2) is 35.5 Å². The fourth-order valence-corrected chi connectivity index (χ4v) is 3.21. The third kappa shape index (κ3) is 2.47. The molecule has 1 heterocycles. The smallest absolute Gasteiger partial charge is 0.237 e. The van der Waals surface area contributed by atoms with Gasteiger partial charge in [0, 0.05) is 12.6 Å². The zero-order valence-electron chi connectivity index (χ0n) is 11.0. The van der Waals surface area contributed by atoms with Crippen LogP contribution in [0.1, 0.15) is 39.5 Å². The molecular formula is C13H25N3O. The minimum atomic E-state index is -0.753. The van der Waals surface area contributed by atoms with Crippen molar-refractivity contribution in [1.82, 2.24) is 4.90 Å². The largest absolute Gasteiger partial charge is 0.368 e. The van der Waals surface area contributed by atoms with Crippen LogP contribution in [-0.2, 0) is 4.79 Å². The van der Waals surface area contributed by atoms with Crippen LogP contribution in [0.3, 0.4) is 0 Å². The van der Waals surface area contributed by atoms with Crippen LogP contribution in [0.2, 0.25) is 0 Å². The van der Waals surface area contributed by atoms with Crippen molar-refractivity contribution >= 4 is 5.91 Å². The number of carbonyl (C=O) groups excluding carboxylic acids is 1. The molecule has 1 saturated heterocycles. The van der Waals surface area contributed by atoms with Gasteiger partial charge in [0.15, 0.2) is 0 Å². The van der Waals surface area contributed by atoms with E-state index in [9.17, 15) is 4.79 Å². The molecule has 4 nitrogen and oxygen atoms in total. The van der Waals surface area contributed by atoms with Gasteiger partial charge in [-0.1, -0.05) is 13.8 Å². The Bertz CT molecular complexity index is 307. The maximum atomic E-state index is 11.3. The van der Waals surface area contributed by atoms with E-state index < -0.39 is 5.54 Å². The molecule has 2 aliphatic rings. The van der Waals surface area contributed by atoms with Gasteiger partial charge in [-0.25, -0.2) is 0 Å². The van der Waals surface area contributed by atoms with Crippen molar-refractivity contribution in [2.24, 2.45) is 23.3 Å². The van der Waals surface area contributed by atoms with E-state index in [1.54, 1.807) is 0 Å². The number of carbonyl (C=O) groups is 1. The summed E-state index contributed by atoms with van der Waals surface area (Å²) >= 11 is 0. The predicted molar refractivity (Wildman–Crippen MR) is 68.3 cm³/mol. The Kier molecular flexibility index (Phi) is 3.46. The third-order valence-electron chi connectivity index (χ3n) is 4.90. The molecule has 4 heteroatoms. The highest BCUT2D eigenvalue weighted by Gasteiger charge is 2.43. The van der Waals surface area contributed by atoms with Crippen molar-refractivity contribution in [3.8, 4) is 0 Å². The van der Waals surface area contributed by atoms with E-state index in [0.29, 0.717) is 6.04 Å². The second kappa shape index (κ2) is 4.58. The first-order chi connectivity index (χ1) is 7.92. The summed E-state index contributed by atoms with van der Waals surface area (Å²) in [5.74, 6) is 1.22. The van der Waals surface area contributed by atoms with E-state index in [4.69, 9.17) is 11.5 Å². The van der Waals surface area contributed by atoms with Crippen molar-refractivity contribution in [3.63, 3.8) is 0 Å². The van der Waals surface area contributed by atoms with Crippen LogP contribution in [0.5, 0.6) is 0 Å². The van der Waals surface area contributed by atoms with Gasteiger partial charge in [0.25, 0.3) is 0 Å². The average Bonchev–Trinajstić information content (AvgIpc) is 2.67. The topological polar surface area (TPSA) is 72.3 Å². The number of rotatable bonds is 2. The van der Waals surface area contributed by atoms with Gasteiger partial charge >= 0.3 is 0 Å². The lowest BCUT2D eigenvalue weighted by molar-refractivity contribution is -0.123. The van der Waals surface area contributed by atoms with Crippen molar-refractivity contribution in [2.45, 2.75) is 51.1 Å². The van der Waals surface area contributed by atoms with E-state index in [-0.39, 0.29) is 5.91 Å². The molecule has 1 aliphatic heterocycles. The first-order valence-corrected chi connectivity index (χ1v) is 6.75. The Balaban J connectivity index is 1.95. The van der Waals surface area contributed by atoms with Gasteiger partial charge in [0.1, 0.15) is 0 Å². The summed E-state index contributed by atoms with van der Waals surface area (Å²) in [4.78, 5) is 13.9. The molecule has 0 aromatic carbocycles. The Morgan fingerprint density at radius 2 is 2.00 bits per heavy atom. The molecule has 0 bridgehead atoms. The first kappa shape index (κ1) is 12.8. The minimum Gasteiger partial charge on any atom is -0.368 e. The van der Waals surface area contributed by atoms with Gasteiger partial charge in [0.2, 0.25) is 5.91 Å². The fraction of sp³-hybridized carbons (Fsp3) is 0.923. The SMILES string of the molecule is CC1CCN(C2CCC(N)(C(N)=O)C2)CC1C. The number of nitrogens with two attached hydrogens (primary N) is 2. The van der Waals surface area contributed by atoms with Crippen molar-refractivity contribution in [3.05, 3.63) is 0 Å². The molecule has 0 aromatic heterocycles. The molecule has 1 saturated carbocycles. The Labute approximate surface area is 104 Å². The van der Waals surface area contributed by atoms with E-state index in [1.165, 1.54) is 6.42 Å². The van der Waals surface area contributed by atoms with E-state index in [0.717, 1.165) is 44.2 Å². The van der Waals surface area contributed by atoms with E-state index >= 15 is 0 Å². The molecule has 1 aliphatic carbocycles. The highest BCUT2D eigenvalue weighted by atomic mass is 16.1. The van der Waals surface area contributed by atoms with E-state index in [1.807, 2.05) is 0 Å². The van der Waals surface area contributed by atoms with Gasteiger partial charge in [-0.3, -0.25) is 4.79 Å². The summed E-state index contributed by atoms with van der Waals surface area (Å²) in [7, 11) is 0. The summed E-state index contributed by atoms with van der Waals surface area (Å²) in [5.41, 5.74) is 10.7. The molecule has 17 heavy (non-hydrogen) atoms. The molecule has 4 atom stereocenters. The van der Waals surface area contributed by atoms with Crippen molar-refractivity contribution in [1.29, 1.82) is 0 Å². The highest BCUT2D eigenvalue weighted by molar-refractivity contribution is 5.84. The fourth-order valence-electron chi connectivity index (χ4n) is 3.21. The predicted octanol–water partition coefficient (Wildman–Crippen LogP) is 0.700. The second-order valence-electron chi connectivity index (χ2n) is 6.16. The Morgan fingerprint density at radius 3 is 2.53 bits per heavy atom. The molecular weight excluding hydrogens is 214 g/mol. The summed E-state index contributed by atoms with van der Waals surface area (Å²) in [6, 6.07) is 0.461. The molecule has 0 aromatic rings. The third-order valence-corrected chi connectivity index (χ3v) is 4.90. The van der Waals surface area contributed by atoms with Crippen LogP contribution >= 0.6 is 0 Å². The maximum Gasteiger partial charge on any atom is 0.237 e. The maximum absolute atomic E-state index is 11.3. The average molecular weight is 239 g/mol. The standard InChI is InChI=1S/C13H25N3O/c1-9-4-6-16(8-10(9)2)11-3-5-13(15,7-11)12(14)17/h9-11H,3-8,15H2,1-2H3,(H2,14,17). The van der Waals surface area contributed by atoms with Crippen LogP contribution in [0.25, 0.3) is 0 Å². The first-order valence-electron chi connectivity index (χ1n) is 6.75. The summed E-state index contributed by atoms with van der Waals surface area (Å²) < 4.78 is 0. The number of primary amides is 1. The molecule has 4 unspecified atom stereocenters. The van der Waals surface area contributed by atoms with Crippen molar-refractivity contribution in [2.75, 3.05) is 13.1 Å². The lowest BCUT2D eigenvalue weighted by Gasteiger charge is -2.39. The van der Waals surface area contributed by atoms with Gasteiger partial charge in [-0.05, 0) is 44.1 Å². The van der Waals surface area contributed by atoms with Crippen LogP contribution in [0.15, 0.2) is 0 Å². The Morgan fingerprint density at radius 1 is 1.29 bits per heavy atom. The monoisotopic (exact) mass is 239 g/mol.